The van der Waals surface area contributed by atoms with Gasteiger partial charge in [0.25, 0.3) is 0 Å². The van der Waals surface area contributed by atoms with Crippen LogP contribution in [0.15, 0.2) is 45.3 Å². The molecule has 0 unspecified atom stereocenters. The Morgan fingerprint density at radius 1 is 1.00 bits per heavy atom. The van der Waals surface area contributed by atoms with Gasteiger partial charge in [-0.15, -0.1) is 0 Å². The van der Waals surface area contributed by atoms with Crippen LogP contribution in [0.1, 0.15) is 5.56 Å². The van der Waals surface area contributed by atoms with E-state index >= 15 is 0 Å². The average molecular weight is 331 g/mol. The first-order valence-electron chi connectivity index (χ1n) is 6.31. The second-order valence-electron chi connectivity index (χ2n) is 4.76. The molecule has 4 heteroatoms. The summed E-state index contributed by atoms with van der Waals surface area (Å²) in [7, 11) is 0. The van der Waals surface area contributed by atoms with E-state index in [2.05, 4.69) is 28.9 Å². The van der Waals surface area contributed by atoms with Crippen LogP contribution in [-0.2, 0) is 0 Å². The van der Waals surface area contributed by atoms with Crippen LogP contribution in [0.3, 0.4) is 0 Å². The highest BCUT2D eigenvalue weighted by atomic mass is 79.9. The van der Waals surface area contributed by atoms with Crippen molar-refractivity contribution in [2.45, 2.75) is 6.92 Å². The second kappa shape index (κ2) is 4.28. The molecule has 3 aromatic rings. The zero-order chi connectivity index (χ0) is 13.7. The van der Waals surface area contributed by atoms with Crippen molar-refractivity contribution in [2.75, 3.05) is 6.79 Å². The van der Waals surface area contributed by atoms with Crippen LogP contribution in [0.25, 0.3) is 22.3 Å². The quantitative estimate of drug-likeness (QED) is 0.636. The van der Waals surface area contributed by atoms with Gasteiger partial charge in [-0.1, -0.05) is 15.9 Å². The average Bonchev–Trinajstić information content (AvgIpc) is 3.03. The molecule has 0 saturated carbocycles. The molecule has 0 N–H and O–H groups in total. The summed E-state index contributed by atoms with van der Waals surface area (Å²) in [5.41, 5.74) is 3.01. The molecule has 0 amide bonds. The van der Waals surface area contributed by atoms with Crippen molar-refractivity contribution < 1.29 is 13.9 Å². The fourth-order valence-corrected chi connectivity index (χ4v) is 2.87. The van der Waals surface area contributed by atoms with Gasteiger partial charge >= 0.3 is 0 Å². The maximum Gasteiger partial charge on any atom is 0.231 e. The Hall–Kier alpha value is -1.94. The number of benzene rings is 2. The van der Waals surface area contributed by atoms with Gasteiger partial charge < -0.3 is 13.9 Å². The lowest BCUT2D eigenvalue weighted by Crippen LogP contribution is -1.92. The standard InChI is InChI=1S/C16H11BrO3/c1-9-12-7-11(17)3-5-13(12)20-16(9)10-2-4-14-15(6-10)19-8-18-14/h2-7H,8H2,1H3. The Kier molecular flexibility index (Phi) is 2.54. The molecule has 0 radical (unpaired) electrons. The molecule has 0 saturated heterocycles. The van der Waals surface area contributed by atoms with Crippen molar-refractivity contribution in [3.05, 3.63) is 46.4 Å². The van der Waals surface area contributed by atoms with Crippen molar-refractivity contribution in [3.63, 3.8) is 0 Å². The van der Waals surface area contributed by atoms with Gasteiger partial charge in [0.15, 0.2) is 11.5 Å². The molecular formula is C16H11BrO3. The van der Waals surface area contributed by atoms with Gasteiger partial charge in [0.2, 0.25) is 6.79 Å². The van der Waals surface area contributed by atoms with E-state index < -0.39 is 0 Å². The normalized spacial score (nSPS) is 13.1. The Labute approximate surface area is 124 Å². The Morgan fingerprint density at radius 3 is 2.75 bits per heavy atom. The minimum absolute atomic E-state index is 0.283. The molecule has 2 heterocycles. The highest BCUT2D eigenvalue weighted by Crippen LogP contribution is 2.39. The number of ether oxygens (including phenoxy) is 2. The summed E-state index contributed by atoms with van der Waals surface area (Å²) in [6.45, 7) is 2.35. The Balaban J connectivity index is 1.92. The van der Waals surface area contributed by atoms with Crippen LogP contribution in [0.2, 0.25) is 0 Å². The van der Waals surface area contributed by atoms with Gasteiger partial charge in [0, 0.05) is 21.0 Å². The van der Waals surface area contributed by atoms with Crippen molar-refractivity contribution in [2.24, 2.45) is 0 Å². The van der Waals surface area contributed by atoms with E-state index in [1.54, 1.807) is 0 Å². The van der Waals surface area contributed by atoms with E-state index in [1.165, 1.54) is 0 Å². The molecule has 0 bridgehead atoms. The molecule has 3 nitrogen and oxygen atoms in total. The van der Waals surface area contributed by atoms with Crippen LogP contribution in [0, 0.1) is 6.92 Å². The Bertz CT molecular complexity index is 820. The summed E-state index contributed by atoms with van der Waals surface area (Å²) in [6.07, 6.45) is 0. The Morgan fingerprint density at radius 2 is 1.85 bits per heavy atom. The SMILES string of the molecule is Cc1c(-c2ccc3c(c2)OCO3)oc2ccc(Br)cc12. The first-order chi connectivity index (χ1) is 9.72. The fourth-order valence-electron chi connectivity index (χ4n) is 2.51. The number of halogens is 1. The van der Waals surface area contributed by atoms with E-state index in [-0.39, 0.29) is 6.79 Å². The fraction of sp³-hybridized carbons (Fsp3) is 0.125. The highest BCUT2D eigenvalue weighted by Gasteiger charge is 2.18. The molecule has 0 aliphatic carbocycles. The van der Waals surface area contributed by atoms with Crippen molar-refractivity contribution in [1.82, 2.24) is 0 Å². The zero-order valence-electron chi connectivity index (χ0n) is 10.8. The highest BCUT2D eigenvalue weighted by molar-refractivity contribution is 9.10. The minimum Gasteiger partial charge on any atom is -0.456 e. The summed E-state index contributed by atoms with van der Waals surface area (Å²) in [5.74, 6) is 2.42. The van der Waals surface area contributed by atoms with Gasteiger partial charge in [-0.3, -0.25) is 0 Å². The van der Waals surface area contributed by atoms with Crippen LogP contribution < -0.4 is 9.47 Å². The molecule has 1 aliphatic heterocycles. The molecule has 0 fully saturated rings. The van der Waals surface area contributed by atoms with Crippen molar-refractivity contribution >= 4 is 26.9 Å². The molecule has 2 aromatic carbocycles. The summed E-state index contributed by atoms with van der Waals surface area (Å²) >= 11 is 3.49. The molecule has 1 aromatic heterocycles. The van der Waals surface area contributed by atoms with E-state index in [9.17, 15) is 0 Å². The third kappa shape index (κ3) is 1.72. The number of aryl methyl sites for hydroxylation is 1. The van der Waals surface area contributed by atoms with E-state index in [1.807, 2.05) is 30.3 Å². The van der Waals surface area contributed by atoms with Gasteiger partial charge in [-0.2, -0.15) is 0 Å². The number of hydrogen-bond acceptors (Lipinski definition) is 3. The number of hydrogen-bond donors (Lipinski definition) is 0. The molecule has 1 aliphatic rings. The summed E-state index contributed by atoms with van der Waals surface area (Å²) in [4.78, 5) is 0. The van der Waals surface area contributed by atoms with Crippen molar-refractivity contribution in [3.8, 4) is 22.8 Å². The molecule has 100 valence electrons. The number of rotatable bonds is 1. The zero-order valence-corrected chi connectivity index (χ0v) is 12.4. The predicted molar refractivity (Wildman–Crippen MR) is 80.2 cm³/mol. The molecule has 0 spiro atoms. The smallest absolute Gasteiger partial charge is 0.231 e. The van der Waals surface area contributed by atoms with Gasteiger partial charge in [-0.25, -0.2) is 0 Å². The topological polar surface area (TPSA) is 31.6 Å². The lowest BCUT2D eigenvalue weighted by Gasteiger charge is -2.01. The number of furan rings is 1. The second-order valence-corrected chi connectivity index (χ2v) is 5.68. The maximum absolute atomic E-state index is 5.98. The lowest BCUT2D eigenvalue weighted by atomic mass is 10.1. The lowest BCUT2D eigenvalue weighted by molar-refractivity contribution is 0.174. The van der Waals surface area contributed by atoms with Crippen LogP contribution >= 0.6 is 15.9 Å². The van der Waals surface area contributed by atoms with Gasteiger partial charge in [-0.05, 0) is 43.3 Å². The third-order valence-electron chi connectivity index (χ3n) is 3.53. The molecule has 4 rings (SSSR count). The van der Waals surface area contributed by atoms with Gasteiger partial charge in [0.1, 0.15) is 11.3 Å². The third-order valence-corrected chi connectivity index (χ3v) is 4.03. The number of fused-ring (bicyclic) bond motifs is 2. The predicted octanol–water partition coefficient (Wildman–Crippen LogP) is 4.90. The van der Waals surface area contributed by atoms with E-state index in [0.717, 1.165) is 43.8 Å². The first-order valence-corrected chi connectivity index (χ1v) is 7.10. The largest absolute Gasteiger partial charge is 0.456 e. The minimum atomic E-state index is 0.283. The first kappa shape index (κ1) is 11.9. The van der Waals surface area contributed by atoms with Crippen LogP contribution in [-0.4, -0.2) is 6.79 Å². The van der Waals surface area contributed by atoms with Crippen LogP contribution in [0.5, 0.6) is 11.5 Å². The van der Waals surface area contributed by atoms with E-state index in [0.29, 0.717) is 0 Å². The monoisotopic (exact) mass is 330 g/mol. The van der Waals surface area contributed by atoms with E-state index in [4.69, 9.17) is 13.9 Å². The summed E-state index contributed by atoms with van der Waals surface area (Å²) < 4.78 is 17.8. The van der Waals surface area contributed by atoms with Crippen LogP contribution in [0.4, 0.5) is 0 Å². The summed E-state index contributed by atoms with van der Waals surface area (Å²) in [5, 5.41) is 1.12. The molecular weight excluding hydrogens is 320 g/mol. The maximum atomic E-state index is 5.98. The summed E-state index contributed by atoms with van der Waals surface area (Å²) in [6, 6.07) is 11.9. The van der Waals surface area contributed by atoms with Crippen molar-refractivity contribution in [1.29, 1.82) is 0 Å². The van der Waals surface area contributed by atoms with Gasteiger partial charge in [0.05, 0.1) is 0 Å². The molecule has 0 atom stereocenters. The molecule has 20 heavy (non-hydrogen) atoms.